The molecule has 3 aliphatic rings. The van der Waals surface area contributed by atoms with Crippen molar-refractivity contribution in [3.63, 3.8) is 0 Å². The molecule has 214 valence electrons. The van der Waals surface area contributed by atoms with Crippen molar-refractivity contribution < 1.29 is 33.7 Å². The molecule has 0 saturated heterocycles. The number of carboxylic acids is 1. The SMILES string of the molecule is CCOc1cc(O[C@@H]2C[C@H]3C(=O)N[C@@]4(C(=O)O)C[C@H]4/C=C\CCCCN(C)C(=O)[C@@H]3C2)c2ccc(OC)cc2n1. The summed E-state index contributed by atoms with van der Waals surface area (Å²) >= 11 is 0. The van der Waals surface area contributed by atoms with Crippen LogP contribution in [-0.4, -0.2) is 71.7 Å². The minimum Gasteiger partial charge on any atom is -0.497 e. The van der Waals surface area contributed by atoms with Crippen LogP contribution in [0.3, 0.4) is 0 Å². The van der Waals surface area contributed by atoms with Crippen LogP contribution < -0.4 is 19.5 Å². The number of nitrogens with zero attached hydrogens (tertiary/aromatic N) is 2. The van der Waals surface area contributed by atoms with Gasteiger partial charge in [0.1, 0.15) is 23.1 Å². The Labute approximate surface area is 233 Å². The van der Waals surface area contributed by atoms with E-state index in [0.717, 1.165) is 24.6 Å². The van der Waals surface area contributed by atoms with Gasteiger partial charge in [0.2, 0.25) is 17.7 Å². The van der Waals surface area contributed by atoms with Gasteiger partial charge in [0, 0.05) is 37.0 Å². The van der Waals surface area contributed by atoms with Gasteiger partial charge in [-0.05, 0) is 57.6 Å². The Kier molecular flexibility index (Phi) is 7.87. The molecule has 2 fully saturated rings. The van der Waals surface area contributed by atoms with Gasteiger partial charge in [-0.2, -0.15) is 0 Å². The molecular formula is C30H37N3O7. The quantitative estimate of drug-likeness (QED) is 0.522. The number of amides is 2. The number of nitrogens with one attached hydrogen (secondary N) is 1. The molecule has 2 heterocycles. The van der Waals surface area contributed by atoms with E-state index in [0.29, 0.717) is 48.9 Å². The lowest BCUT2D eigenvalue weighted by atomic mass is 9.93. The number of fused-ring (bicyclic) bond motifs is 3. The summed E-state index contributed by atoms with van der Waals surface area (Å²) in [6.45, 7) is 2.90. The molecule has 0 radical (unpaired) electrons. The number of rotatable bonds is 6. The van der Waals surface area contributed by atoms with Crippen LogP contribution in [0.2, 0.25) is 0 Å². The zero-order valence-electron chi connectivity index (χ0n) is 23.2. The molecule has 0 bridgehead atoms. The van der Waals surface area contributed by atoms with Crippen molar-refractivity contribution in [2.45, 2.75) is 57.1 Å². The zero-order valence-corrected chi connectivity index (χ0v) is 23.2. The number of hydrogen-bond acceptors (Lipinski definition) is 7. The van der Waals surface area contributed by atoms with Crippen LogP contribution in [0.4, 0.5) is 0 Å². The number of hydrogen-bond donors (Lipinski definition) is 2. The van der Waals surface area contributed by atoms with Gasteiger partial charge in [-0.15, -0.1) is 0 Å². The number of carboxylic acid groups (broad SMARTS) is 1. The van der Waals surface area contributed by atoms with E-state index in [9.17, 15) is 19.5 Å². The highest BCUT2D eigenvalue weighted by Crippen LogP contribution is 2.46. The fourth-order valence-corrected chi connectivity index (χ4v) is 5.97. The highest BCUT2D eigenvalue weighted by molar-refractivity contribution is 5.94. The molecule has 2 amide bonds. The first-order valence-corrected chi connectivity index (χ1v) is 14.0. The summed E-state index contributed by atoms with van der Waals surface area (Å²) in [5.41, 5.74) is -0.676. The molecule has 0 unspecified atom stereocenters. The number of ether oxygens (including phenoxy) is 3. The first-order valence-electron chi connectivity index (χ1n) is 14.0. The second-order valence-electron chi connectivity index (χ2n) is 11.0. The molecule has 2 aliphatic carbocycles. The van der Waals surface area contributed by atoms with Crippen LogP contribution in [0.5, 0.6) is 17.4 Å². The average molecular weight is 552 g/mol. The van der Waals surface area contributed by atoms with E-state index in [2.05, 4.69) is 10.3 Å². The van der Waals surface area contributed by atoms with Gasteiger partial charge in [0.15, 0.2) is 0 Å². The van der Waals surface area contributed by atoms with Crippen LogP contribution in [0.25, 0.3) is 10.9 Å². The van der Waals surface area contributed by atoms with E-state index in [4.69, 9.17) is 14.2 Å². The van der Waals surface area contributed by atoms with Crippen LogP contribution >= 0.6 is 0 Å². The molecule has 10 heteroatoms. The first-order chi connectivity index (χ1) is 19.3. The third-order valence-corrected chi connectivity index (χ3v) is 8.32. The molecule has 1 aromatic carbocycles. The average Bonchev–Trinajstić information content (AvgIpc) is 3.47. The zero-order chi connectivity index (χ0) is 28.4. The lowest BCUT2D eigenvalue weighted by Gasteiger charge is -2.26. The topological polar surface area (TPSA) is 127 Å². The van der Waals surface area contributed by atoms with Gasteiger partial charge in [-0.25, -0.2) is 9.78 Å². The van der Waals surface area contributed by atoms with Crippen LogP contribution in [0, 0.1) is 17.8 Å². The maximum atomic E-state index is 13.6. The van der Waals surface area contributed by atoms with Gasteiger partial charge >= 0.3 is 5.97 Å². The van der Waals surface area contributed by atoms with Crippen LogP contribution in [-0.2, 0) is 14.4 Å². The number of allylic oxidation sites excluding steroid dienone is 1. The minimum atomic E-state index is -1.32. The van der Waals surface area contributed by atoms with Crippen molar-refractivity contribution in [1.29, 1.82) is 0 Å². The van der Waals surface area contributed by atoms with Gasteiger partial charge < -0.3 is 29.5 Å². The van der Waals surface area contributed by atoms with Crippen LogP contribution in [0.15, 0.2) is 36.4 Å². The van der Waals surface area contributed by atoms with E-state index >= 15 is 0 Å². The number of aromatic nitrogens is 1. The van der Waals surface area contributed by atoms with Gasteiger partial charge in [-0.3, -0.25) is 9.59 Å². The largest absolute Gasteiger partial charge is 0.497 e. The second-order valence-corrected chi connectivity index (χ2v) is 11.0. The third-order valence-electron chi connectivity index (χ3n) is 8.32. The monoisotopic (exact) mass is 551 g/mol. The number of methoxy groups -OCH3 is 1. The predicted octanol–water partition coefficient (Wildman–Crippen LogP) is 3.57. The molecule has 40 heavy (non-hydrogen) atoms. The fraction of sp³-hybridized carbons (Fsp3) is 0.533. The summed E-state index contributed by atoms with van der Waals surface area (Å²) in [6, 6.07) is 7.21. The smallest absolute Gasteiger partial charge is 0.330 e. The van der Waals surface area contributed by atoms with E-state index in [1.54, 1.807) is 31.2 Å². The molecule has 1 aromatic heterocycles. The summed E-state index contributed by atoms with van der Waals surface area (Å²) in [6.07, 6.45) is 6.97. The maximum absolute atomic E-state index is 13.6. The Morgan fingerprint density at radius 3 is 2.75 bits per heavy atom. The summed E-state index contributed by atoms with van der Waals surface area (Å²) in [5.74, 6) is -1.55. The Hall–Kier alpha value is -3.82. The molecule has 1 aliphatic heterocycles. The van der Waals surface area contributed by atoms with Crippen molar-refractivity contribution >= 4 is 28.7 Å². The minimum absolute atomic E-state index is 0.116. The maximum Gasteiger partial charge on any atom is 0.330 e. The Balaban J connectivity index is 1.44. The van der Waals surface area contributed by atoms with E-state index in [-0.39, 0.29) is 18.2 Å². The summed E-state index contributed by atoms with van der Waals surface area (Å²) in [7, 11) is 3.35. The van der Waals surface area contributed by atoms with Crippen LogP contribution in [0.1, 0.15) is 45.4 Å². The number of benzene rings is 1. The van der Waals surface area contributed by atoms with E-state index in [1.165, 1.54) is 0 Å². The van der Waals surface area contributed by atoms with E-state index < -0.39 is 35.4 Å². The Bertz CT molecular complexity index is 1330. The molecule has 5 rings (SSSR count). The third kappa shape index (κ3) is 5.44. The molecule has 2 N–H and O–H groups in total. The molecule has 0 spiro atoms. The lowest BCUT2D eigenvalue weighted by Crippen LogP contribution is -2.49. The Morgan fingerprint density at radius 2 is 2.00 bits per heavy atom. The normalized spacial score (nSPS) is 29.5. The number of carbonyl (C=O) groups is 3. The highest BCUT2D eigenvalue weighted by atomic mass is 16.5. The number of carbonyl (C=O) groups excluding carboxylic acids is 2. The highest BCUT2D eigenvalue weighted by Gasteiger charge is 2.61. The van der Waals surface area contributed by atoms with Crippen molar-refractivity contribution in [2.75, 3.05) is 27.3 Å². The molecular weight excluding hydrogens is 514 g/mol. The standard InChI is InChI=1S/C30H37N3O7/c1-4-39-26-16-25(21-11-10-19(38-3)15-24(21)31-26)40-20-13-22-23(14-20)28(35)33(2)12-8-6-5-7-9-18-17-30(18,29(36)37)32-27(22)34/h7,9-11,15-16,18,20,22-23H,4-6,8,12-14,17H2,1-3H3,(H,32,34)(H,36,37)/b9-7-/t18-,20-,22-,23-,30+/m1/s1. The van der Waals surface area contributed by atoms with Crippen molar-refractivity contribution in [3.05, 3.63) is 36.4 Å². The molecule has 2 saturated carbocycles. The van der Waals surface area contributed by atoms with Gasteiger partial charge in [-0.1, -0.05) is 12.2 Å². The van der Waals surface area contributed by atoms with Gasteiger partial charge in [0.25, 0.3) is 0 Å². The van der Waals surface area contributed by atoms with Gasteiger partial charge in [0.05, 0.1) is 31.1 Å². The first kappa shape index (κ1) is 27.7. The second kappa shape index (κ2) is 11.3. The summed E-state index contributed by atoms with van der Waals surface area (Å²) < 4.78 is 17.5. The van der Waals surface area contributed by atoms with Crippen molar-refractivity contribution in [3.8, 4) is 17.4 Å². The number of aliphatic carboxylic acids is 1. The number of pyridine rings is 1. The summed E-state index contributed by atoms with van der Waals surface area (Å²) in [4.78, 5) is 45.7. The van der Waals surface area contributed by atoms with E-state index in [1.807, 2.05) is 31.2 Å². The molecule has 2 aromatic rings. The predicted molar refractivity (Wildman–Crippen MR) is 147 cm³/mol. The fourth-order valence-electron chi connectivity index (χ4n) is 5.97. The van der Waals surface area contributed by atoms with Crippen molar-refractivity contribution in [2.24, 2.45) is 17.8 Å². The molecule has 5 atom stereocenters. The Morgan fingerprint density at radius 1 is 1.20 bits per heavy atom. The molecule has 10 nitrogen and oxygen atoms in total. The van der Waals surface area contributed by atoms with Crippen molar-refractivity contribution in [1.82, 2.24) is 15.2 Å². The lowest BCUT2D eigenvalue weighted by molar-refractivity contribution is -0.145. The summed E-state index contributed by atoms with van der Waals surface area (Å²) in [5, 5.41) is 13.6.